The van der Waals surface area contributed by atoms with Crippen LogP contribution in [0.2, 0.25) is 0 Å². The molecule has 1 aliphatic rings. The molecular formula is C17H18N2O2. The molecule has 0 saturated carbocycles. The van der Waals surface area contributed by atoms with Crippen LogP contribution in [0, 0.1) is 13.8 Å². The number of H-pyrrole nitrogens is 1. The van der Waals surface area contributed by atoms with Gasteiger partial charge in [0.2, 0.25) is 0 Å². The lowest BCUT2D eigenvalue weighted by Gasteiger charge is -2.31. The van der Waals surface area contributed by atoms with E-state index >= 15 is 0 Å². The molecule has 0 bridgehead atoms. The number of nitrogens with zero attached hydrogens (tertiary/aromatic N) is 1. The van der Waals surface area contributed by atoms with Crippen molar-refractivity contribution in [3.8, 4) is 0 Å². The van der Waals surface area contributed by atoms with Gasteiger partial charge in [0.15, 0.2) is 5.43 Å². The van der Waals surface area contributed by atoms with Crippen LogP contribution >= 0.6 is 0 Å². The van der Waals surface area contributed by atoms with Gasteiger partial charge in [0.05, 0.1) is 5.69 Å². The van der Waals surface area contributed by atoms with Gasteiger partial charge in [-0.15, -0.1) is 0 Å². The van der Waals surface area contributed by atoms with Gasteiger partial charge in [0, 0.05) is 24.5 Å². The summed E-state index contributed by atoms with van der Waals surface area (Å²) in [4.78, 5) is 29.5. The third kappa shape index (κ3) is 2.37. The lowest BCUT2D eigenvalue weighted by atomic mass is 9.97. The zero-order valence-electron chi connectivity index (χ0n) is 12.3. The summed E-state index contributed by atoms with van der Waals surface area (Å²) in [5.74, 6) is -0.216. The number of aromatic amines is 1. The van der Waals surface area contributed by atoms with Gasteiger partial charge in [-0.3, -0.25) is 9.59 Å². The summed E-state index contributed by atoms with van der Waals surface area (Å²) in [7, 11) is 0. The van der Waals surface area contributed by atoms with Crippen LogP contribution in [0.4, 0.5) is 5.69 Å². The highest BCUT2D eigenvalue weighted by atomic mass is 16.2. The lowest BCUT2D eigenvalue weighted by molar-refractivity contribution is 0.0983. The first kappa shape index (κ1) is 13.6. The Hall–Kier alpha value is -2.36. The van der Waals surface area contributed by atoms with Crippen molar-refractivity contribution in [1.82, 2.24) is 4.98 Å². The quantitative estimate of drug-likeness (QED) is 0.874. The van der Waals surface area contributed by atoms with Gasteiger partial charge in [-0.25, -0.2) is 0 Å². The molecule has 0 radical (unpaired) electrons. The van der Waals surface area contributed by atoms with Crippen molar-refractivity contribution in [2.75, 3.05) is 11.4 Å². The molecule has 0 saturated heterocycles. The SMILES string of the molecule is Cc1cc(=O)c(C(=O)N2CCCc3cccc(C)c32)c[nH]1. The number of nitrogens with one attached hydrogen (secondary N) is 1. The zero-order valence-corrected chi connectivity index (χ0v) is 12.3. The Kier molecular flexibility index (Phi) is 3.37. The van der Waals surface area contributed by atoms with Crippen LogP contribution in [0.25, 0.3) is 0 Å². The fourth-order valence-corrected chi connectivity index (χ4v) is 2.94. The molecule has 2 heterocycles. The highest BCUT2D eigenvalue weighted by molar-refractivity contribution is 6.06. The molecule has 1 amide bonds. The van der Waals surface area contributed by atoms with Crippen LogP contribution in [0.5, 0.6) is 0 Å². The van der Waals surface area contributed by atoms with Gasteiger partial charge in [-0.05, 0) is 37.8 Å². The monoisotopic (exact) mass is 282 g/mol. The second-order valence-corrected chi connectivity index (χ2v) is 5.54. The van der Waals surface area contributed by atoms with Crippen molar-refractivity contribution in [3.05, 3.63) is 63.1 Å². The second kappa shape index (κ2) is 5.20. The number of anilines is 1. The smallest absolute Gasteiger partial charge is 0.263 e. The summed E-state index contributed by atoms with van der Waals surface area (Å²) in [6, 6.07) is 7.54. The average Bonchev–Trinajstić information content (AvgIpc) is 2.46. The third-order valence-electron chi connectivity index (χ3n) is 3.95. The minimum Gasteiger partial charge on any atom is -0.364 e. The second-order valence-electron chi connectivity index (χ2n) is 5.54. The van der Waals surface area contributed by atoms with Crippen molar-refractivity contribution in [3.63, 3.8) is 0 Å². The Morgan fingerprint density at radius 3 is 2.86 bits per heavy atom. The normalized spacial score (nSPS) is 13.9. The predicted octanol–water partition coefficient (Wildman–Crippen LogP) is 2.58. The fraction of sp³-hybridized carbons (Fsp3) is 0.294. The van der Waals surface area contributed by atoms with E-state index in [1.807, 2.05) is 19.1 Å². The number of aromatic nitrogens is 1. The molecular weight excluding hydrogens is 264 g/mol. The molecule has 1 aliphatic heterocycles. The van der Waals surface area contributed by atoms with E-state index in [9.17, 15) is 9.59 Å². The molecule has 1 aromatic carbocycles. The standard InChI is InChI=1S/C17H18N2O2/c1-11-5-3-6-13-7-4-8-19(16(11)13)17(21)14-10-18-12(2)9-15(14)20/h3,5-6,9-10H,4,7-8H2,1-2H3,(H,18,20). The Labute approximate surface area is 123 Å². The average molecular weight is 282 g/mol. The summed E-state index contributed by atoms with van der Waals surface area (Å²) < 4.78 is 0. The molecule has 4 nitrogen and oxygen atoms in total. The van der Waals surface area contributed by atoms with Gasteiger partial charge >= 0.3 is 0 Å². The molecule has 1 N–H and O–H groups in total. The number of rotatable bonds is 1. The first-order chi connectivity index (χ1) is 10.1. The summed E-state index contributed by atoms with van der Waals surface area (Å²) in [6.45, 7) is 4.46. The van der Waals surface area contributed by atoms with Crippen LogP contribution in [-0.2, 0) is 6.42 Å². The van der Waals surface area contributed by atoms with Gasteiger partial charge in [0.1, 0.15) is 5.56 Å². The number of para-hydroxylation sites is 1. The molecule has 0 aliphatic carbocycles. The first-order valence-electron chi connectivity index (χ1n) is 7.17. The number of hydrogen-bond acceptors (Lipinski definition) is 2. The van der Waals surface area contributed by atoms with E-state index in [4.69, 9.17) is 0 Å². The van der Waals surface area contributed by atoms with E-state index in [0.717, 1.165) is 29.8 Å². The molecule has 108 valence electrons. The zero-order chi connectivity index (χ0) is 15.0. The number of pyridine rings is 1. The van der Waals surface area contributed by atoms with Crippen molar-refractivity contribution in [2.45, 2.75) is 26.7 Å². The highest BCUT2D eigenvalue weighted by Crippen LogP contribution is 2.31. The Bertz CT molecular complexity index is 762. The molecule has 0 fully saturated rings. The van der Waals surface area contributed by atoms with Crippen molar-refractivity contribution < 1.29 is 4.79 Å². The van der Waals surface area contributed by atoms with E-state index in [0.29, 0.717) is 6.54 Å². The molecule has 4 heteroatoms. The van der Waals surface area contributed by atoms with Crippen LogP contribution in [0.3, 0.4) is 0 Å². The maximum absolute atomic E-state index is 12.8. The topological polar surface area (TPSA) is 53.2 Å². The van der Waals surface area contributed by atoms with E-state index < -0.39 is 0 Å². The van der Waals surface area contributed by atoms with Crippen LogP contribution < -0.4 is 10.3 Å². The minimum absolute atomic E-state index is 0.205. The molecule has 21 heavy (non-hydrogen) atoms. The number of hydrogen-bond donors (Lipinski definition) is 1. The molecule has 2 aromatic rings. The summed E-state index contributed by atoms with van der Waals surface area (Å²) >= 11 is 0. The Morgan fingerprint density at radius 2 is 2.10 bits per heavy atom. The Balaban J connectivity index is 2.06. The van der Waals surface area contributed by atoms with Gasteiger partial charge in [0.25, 0.3) is 5.91 Å². The number of amides is 1. The van der Waals surface area contributed by atoms with Crippen LogP contribution in [0.15, 0.2) is 35.3 Å². The van der Waals surface area contributed by atoms with Gasteiger partial charge < -0.3 is 9.88 Å². The van der Waals surface area contributed by atoms with Crippen molar-refractivity contribution in [1.29, 1.82) is 0 Å². The maximum Gasteiger partial charge on any atom is 0.263 e. The van der Waals surface area contributed by atoms with E-state index in [1.165, 1.54) is 17.8 Å². The maximum atomic E-state index is 12.8. The van der Waals surface area contributed by atoms with Gasteiger partial charge in [-0.2, -0.15) is 0 Å². The largest absolute Gasteiger partial charge is 0.364 e. The lowest BCUT2D eigenvalue weighted by Crippen LogP contribution is -2.38. The van der Waals surface area contributed by atoms with E-state index in [2.05, 4.69) is 11.1 Å². The number of carbonyl (C=O) groups is 1. The molecule has 3 rings (SSSR count). The fourth-order valence-electron chi connectivity index (χ4n) is 2.94. The minimum atomic E-state index is -0.225. The molecule has 1 aromatic heterocycles. The van der Waals surface area contributed by atoms with E-state index in [1.54, 1.807) is 11.8 Å². The summed E-state index contributed by atoms with van der Waals surface area (Å²) in [5, 5.41) is 0. The Morgan fingerprint density at radius 1 is 1.29 bits per heavy atom. The number of carbonyl (C=O) groups excluding carboxylic acids is 1. The van der Waals surface area contributed by atoms with Crippen LogP contribution in [-0.4, -0.2) is 17.4 Å². The van der Waals surface area contributed by atoms with Crippen molar-refractivity contribution >= 4 is 11.6 Å². The molecule has 0 unspecified atom stereocenters. The third-order valence-corrected chi connectivity index (χ3v) is 3.95. The van der Waals surface area contributed by atoms with E-state index in [-0.39, 0.29) is 16.9 Å². The van der Waals surface area contributed by atoms with Crippen molar-refractivity contribution in [2.24, 2.45) is 0 Å². The number of aryl methyl sites for hydroxylation is 3. The predicted molar refractivity (Wildman–Crippen MR) is 83.0 cm³/mol. The molecule has 0 spiro atoms. The highest BCUT2D eigenvalue weighted by Gasteiger charge is 2.26. The number of fused-ring (bicyclic) bond motifs is 1. The first-order valence-corrected chi connectivity index (χ1v) is 7.17. The van der Waals surface area contributed by atoms with Crippen LogP contribution in [0.1, 0.15) is 33.6 Å². The summed E-state index contributed by atoms with van der Waals surface area (Å²) in [6.07, 6.45) is 3.42. The molecule has 0 atom stereocenters. The summed E-state index contributed by atoms with van der Waals surface area (Å²) in [5.41, 5.74) is 3.95. The van der Waals surface area contributed by atoms with Gasteiger partial charge in [-0.1, -0.05) is 18.2 Å². The number of benzene rings is 1.